The molecule has 0 aromatic heterocycles. The standard InChI is InChI=1S/C13H20BrNO/c14-12(9-3-4-9)7-15-13(16)11-6-8-1-2-10(11)5-8/h8-12H,1-7H2,(H,15,16). The first kappa shape index (κ1) is 11.1. The van der Waals surface area contributed by atoms with E-state index in [0.717, 1.165) is 24.8 Å². The molecule has 1 amide bonds. The van der Waals surface area contributed by atoms with Gasteiger partial charge in [-0.1, -0.05) is 22.4 Å². The average molecular weight is 286 g/mol. The van der Waals surface area contributed by atoms with Crippen LogP contribution in [0.15, 0.2) is 0 Å². The predicted octanol–water partition coefficient (Wildman–Crippen LogP) is 2.71. The molecule has 3 aliphatic rings. The molecule has 3 fully saturated rings. The molecule has 0 spiro atoms. The Hall–Kier alpha value is -0.0500. The van der Waals surface area contributed by atoms with Crippen LogP contribution in [0, 0.1) is 23.7 Å². The number of rotatable bonds is 4. The molecule has 3 saturated carbocycles. The van der Waals surface area contributed by atoms with Crippen molar-refractivity contribution in [1.82, 2.24) is 5.32 Å². The Morgan fingerprint density at radius 1 is 1.25 bits per heavy atom. The summed E-state index contributed by atoms with van der Waals surface area (Å²) in [6.45, 7) is 0.831. The van der Waals surface area contributed by atoms with Crippen molar-refractivity contribution in [1.29, 1.82) is 0 Å². The molecule has 4 atom stereocenters. The molecule has 2 nitrogen and oxygen atoms in total. The van der Waals surface area contributed by atoms with E-state index in [-0.39, 0.29) is 0 Å². The summed E-state index contributed by atoms with van der Waals surface area (Å²) in [5.74, 6) is 3.07. The van der Waals surface area contributed by atoms with Gasteiger partial charge in [-0.2, -0.15) is 0 Å². The molecule has 4 unspecified atom stereocenters. The Morgan fingerprint density at radius 3 is 2.62 bits per heavy atom. The van der Waals surface area contributed by atoms with Crippen molar-refractivity contribution in [3.63, 3.8) is 0 Å². The number of hydrogen-bond donors (Lipinski definition) is 1. The molecule has 90 valence electrons. The first-order valence-corrected chi connectivity index (χ1v) is 7.57. The number of fused-ring (bicyclic) bond motifs is 2. The van der Waals surface area contributed by atoms with Crippen LogP contribution in [0.4, 0.5) is 0 Å². The lowest BCUT2D eigenvalue weighted by Gasteiger charge is -2.21. The van der Waals surface area contributed by atoms with Crippen molar-refractivity contribution < 1.29 is 4.79 Å². The van der Waals surface area contributed by atoms with Crippen LogP contribution >= 0.6 is 15.9 Å². The Balaban J connectivity index is 1.46. The van der Waals surface area contributed by atoms with Crippen molar-refractivity contribution >= 4 is 21.8 Å². The van der Waals surface area contributed by atoms with Gasteiger partial charge in [0.2, 0.25) is 5.91 Å². The number of amides is 1. The Morgan fingerprint density at radius 2 is 2.06 bits per heavy atom. The van der Waals surface area contributed by atoms with Crippen LogP contribution in [-0.4, -0.2) is 17.3 Å². The minimum absolute atomic E-state index is 0.331. The van der Waals surface area contributed by atoms with Gasteiger partial charge in [-0.05, 0) is 49.9 Å². The highest BCUT2D eigenvalue weighted by atomic mass is 79.9. The van der Waals surface area contributed by atoms with Gasteiger partial charge in [-0.25, -0.2) is 0 Å². The second kappa shape index (κ2) is 4.32. The molecule has 3 heteroatoms. The van der Waals surface area contributed by atoms with Crippen LogP contribution in [-0.2, 0) is 4.79 Å². The summed E-state index contributed by atoms with van der Waals surface area (Å²) in [7, 11) is 0. The molecule has 0 radical (unpaired) electrons. The maximum atomic E-state index is 12.1. The van der Waals surface area contributed by atoms with Gasteiger partial charge in [0.25, 0.3) is 0 Å². The van der Waals surface area contributed by atoms with Gasteiger partial charge in [0.05, 0.1) is 0 Å². The highest BCUT2D eigenvalue weighted by Gasteiger charge is 2.43. The van der Waals surface area contributed by atoms with Crippen molar-refractivity contribution in [3.05, 3.63) is 0 Å². The molecule has 3 rings (SSSR count). The Labute approximate surface area is 106 Å². The van der Waals surface area contributed by atoms with Gasteiger partial charge < -0.3 is 5.32 Å². The zero-order valence-corrected chi connectivity index (χ0v) is 11.2. The van der Waals surface area contributed by atoms with Gasteiger partial charge in [-0.15, -0.1) is 0 Å². The maximum Gasteiger partial charge on any atom is 0.223 e. The average Bonchev–Trinajstić information content (AvgIpc) is 2.94. The van der Waals surface area contributed by atoms with E-state index in [1.165, 1.54) is 32.1 Å². The first-order chi connectivity index (χ1) is 7.74. The monoisotopic (exact) mass is 285 g/mol. The maximum absolute atomic E-state index is 12.1. The highest BCUT2D eigenvalue weighted by Crippen LogP contribution is 2.48. The minimum Gasteiger partial charge on any atom is -0.355 e. The fourth-order valence-electron chi connectivity index (χ4n) is 3.52. The summed E-state index contributed by atoms with van der Waals surface area (Å²) in [4.78, 5) is 12.6. The summed E-state index contributed by atoms with van der Waals surface area (Å²) >= 11 is 3.67. The van der Waals surface area contributed by atoms with Crippen LogP contribution < -0.4 is 5.32 Å². The van der Waals surface area contributed by atoms with Gasteiger partial charge >= 0.3 is 0 Å². The predicted molar refractivity (Wildman–Crippen MR) is 67.4 cm³/mol. The van der Waals surface area contributed by atoms with E-state index < -0.39 is 0 Å². The molecule has 0 heterocycles. The lowest BCUT2D eigenvalue weighted by molar-refractivity contribution is -0.126. The van der Waals surface area contributed by atoms with Crippen molar-refractivity contribution in [2.75, 3.05) is 6.54 Å². The lowest BCUT2D eigenvalue weighted by Crippen LogP contribution is -2.37. The van der Waals surface area contributed by atoms with Crippen LogP contribution in [0.2, 0.25) is 0 Å². The summed E-state index contributed by atoms with van der Waals surface area (Å²) in [6.07, 6.45) is 7.81. The van der Waals surface area contributed by atoms with Crippen LogP contribution in [0.1, 0.15) is 38.5 Å². The molecular formula is C13H20BrNO. The number of halogens is 1. The smallest absolute Gasteiger partial charge is 0.223 e. The molecule has 0 aliphatic heterocycles. The first-order valence-electron chi connectivity index (χ1n) is 6.66. The molecule has 3 aliphatic carbocycles. The molecule has 0 aromatic carbocycles. The second-order valence-corrected chi connectivity index (χ2v) is 7.06. The molecule has 0 aromatic rings. The van der Waals surface area contributed by atoms with E-state index in [2.05, 4.69) is 21.2 Å². The molecular weight excluding hydrogens is 266 g/mol. The van der Waals surface area contributed by atoms with E-state index in [4.69, 9.17) is 0 Å². The number of carbonyl (C=O) groups excluding carboxylic acids is 1. The highest BCUT2D eigenvalue weighted by molar-refractivity contribution is 9.09. The summed E-state index contributed by atoms with van der Waals surface area (Å²) < 4.78 is 0. The van der Waals surface area contributed by atoms with E-state index in [0.29, 0.717) is 22.6 Å². The van der Waals surface area contributed by atoms with Crippen molar-refractivity contribution in [2.24, 2.45) is 23.7 Å². The Kier molecular flexibility index (Phi) is 2.99. The number of hydrogen-bond acceptors (Lipinski definition) is 1. The number of carbonyl (C=O) groups is 1. The van der Waals surface area contributed by atoms with Gasteiger partial charge in [0, 0.05) is 17.3 Å². The normalized spacial score (nSPS) is 38.7. The fraction of sp³-hybridized carbons (Fsp3) is 0.923. The number of alkyl halides is 1. The zero-order valence-electron chi connectivity index (χ0n) is 9.62. The fourth-order valence-corrected chi connectivity index (χ4v) is 4.21. The van der Waals surface area contributed by atoms with E-state index in [1.54, 1.807) is 0 Å². The SMILES string of the molecule is O=C(NCC(Br)C1CC1)C1CC2CCC1C2. The third-order valence-electron chi connectivity index (χ3n) is 4.68. The summed E-state index contributed by atoms with van der Waals surface area (Å²) in [5.41, 5.74) is 0. The minimum atomic E-state index is 0.331. The molecule has 1 N–H and O–H groups in total. The molecule has 16 heavy (non-hydrogen) atoms. The quantitative estimate of drug-likeness (QED) is 0.791. The lowest BCUT2D eigenvalue weighted by atomic mass is 9.88. The van der Waals surface area contributed by atoms with Crippen LogP contribution in [0.3, 0.4) is 0 Å². The molecule has 0 saturated heterocycles. The second-order valence-electron chi connectivity index (χ2n) is 5.88. The van der Waals surface area contributed by atoms with Gasteiger partial charge in [0.15, 0.2) is 0 Å². The van der Waals surface area contributed by atoms with Gasteiger partial charge in [-0.3, -0.25) is 4.79 Å². The Bertz CT molecular complexity index is 290. The van der Waals surface area contributed by atoms with E-state index >= 15 is 0 Å². The van der Waals surface area contributed by atoms with Crippen molar-refractivity contribution in [3.8, 4) is 0 Å². The third kappa shape index (κ3) is 2.15. The van der Waals surface area contributed by atoms with Crippen molar-refractivity contribution in [2.45, 2.75) is 43.4 Å². The van der Waals surface area contributed by atoms with Crippen LogP contribution in [0.25, 0.3) is 0 Å². The van der Waals surface area contributed by atoms with E-state index in [1.807, 2.05) is 0 Å². The van der Waals surface area contributed by atoms with Gasteiger partial charge in [0.1, 0.15) is 0 Å². The largest absolute Gasteiger partial charge is 0.355 e. The van der Waals surface area contributed by atoms with Crippen LogP contribution in [0.5, 0.6) is 0 Å². The summed E-state index contributed by atoms with van der Waals surface area (Å²) in [6, 6.07) is 0. The third-order valence-corrected chi connectivity index (χ3v) is 5.75. The molecule has 2 bridgehead atoms. The number of nitrogens with one attached hydrogen (secondary N) is 1. The summed E-state index contributed by atoms with van der Waals surface area (Å²) in [5, 5.41) is 3.14. The topological polar surface area (TPSA) is 29.1 Å². The zero-order chi connectivity index (χ0) is 11.1. The van der Waals surface area contributed by atoms with E-state index in [9.17, 15) is 4.79 Å².